The number of rotatable bonds is 5. The minimum Gasteiger partial charge on any atom is -0.504 e. The molecule has 8 heteroatoms. The van der Waals surface area contributed by atoms with E-state index in [-0.39, 0.29) is 28.3 Å². The van der Waals surface area contributed by atoms with Gasteiger partial charge in [-0.1, -0.05) is 6.07 Å². The highest BCUT2D eigenvalue weighted by Crippen LogP contribution is 2.26. The highest BCUT2D eigenvalue weighted by Gasteiger charge is 2.18. The molecule has 2 aromatic rings. The molecule has 0 aliphatic rings. The maximum Gasteiger partial charge on any atom is 0.251 e. The zero-order valence-electron chi connectivity index (χ0n) is 14.3. The van der Waals surface area contributed by atoms with Gasteiger partial charge < -0.3 is 15.1 Å². The Morgan fingerprint density at radius 3 is 2.19 bits per heavy atom. The van der Waals surface area contributed by atoms with E-state index in [2.05, 4.69) is 0 Å². The Morgan fingerprint density at radius 1 is 1.08 bits per heavy atom. The molecule has 0 spiro atoms. The van der Waals surface area contributed by atoms with Crippen LogP contribution in [0.5, 0.6) is 11.5 Å². The van der Waals surface area contributed by atoms with Crippen molar-refractivity contribution in [3.05, 3.63) is 54.1 Å². The van der Waals surface area contributed by atoms with Crippen molar-refractivity contribution in [3.8, 4) is 11.5 Å². The van der Waals surface area contributed by atoms with E-state index in [4.69, 9.17) is 5.14 Å². The van der Waals surface area contributed by atoms with Gasteiger partial charge in [0, 0.05) is 17.8 Å². The van der Waals surface area contributed by atoms with Crippen molar-refractivity contribution in [2.75, 3.05) is 4.90 Å². The third-order valence-electron chi connectivity index (χ3n) is 3.62. The lowest BCUT2D eigenvalue weighted by atomic mass is 10.1. The standard InChI is InChI=1S/C18H20N2O5S/c1-12(2)20(14-5-7-15(8-6-14)26(19,24)25)18(23)10-4-13-3-9-16(21)17(22)11-13/h3-12,21-22H,1-2H3,(H2,19,24,25)/b10-4+. The van der Waals surface area contributed by atoms with Crippen molar-refractivity contribution in [1.82, 2.24) is 0 Å². The van der Waals surface area contributed by atoms with Crippen molar-refractivity contribution in [2.24, 2.45) is 5.14 Å². The highest BCUT2D eigenvalue weighted by atomic mass is 32.2. The van der Waals surface area contributed by atoms with Gasteiger partial charge in [0.25, 0.3) is 5.91 Å². The lowest BCUT2D eigenvalue weighted by Crippen LogP contribution is -2.35. The van der Waals surface area contributed by atoms with Gasteiger partial charge in [0.1, 0.15) is 0 Å². The van der Waals surface area contributed by atoms with Crippen LogP contribution >= 0.6 is 0 Å². The van der Waals surface area contributed by atoms with E-state index < -0.39 is 10.0 Å². The molecule has 2 rings (SSSR count). The number of aromatic hydroxyl groups is 2. The second-order valence-electron chi connectivity index (χ2n) is 5.92. The first-order valence-electron chi connectivity index (χ1n) is 7.75. The molecule has 0 saturated heterocycles. The molecule has 0 aliphatic carbocycles. The quantitative estimate of drug-likeness (QED) is 0.546. The SMILES string of the molecule is CC(C)N(C(=O)/C=C/c1ccc(O)c(O)c1)c1ccc(S(N)(=O)=O)cc1. The Hall–Kier alpha value is -2.84. The summed E-state index contributed by atoms with van der Waals surface area (Å²) in [7, 11) is -3.80. The maximum absolute atomic E-state index is 12.6. The van der Waals surface area contributed by atoms with Crippen LogP contribution in [0, 0.1) is 0 Å². The molecule has 0 atom stereocenters. The van der Waals surface area contributed by atoms with Crippen LogP contribution in [0.3, 0.4) is 0 Å². The number of phenolic OH excluding ortho intramolecular Hbond substituents is 2. The summed E-state index contributed by atoms with van der Waals surface area (Å²) >= 11 is 0. The van der Waals surface area contributed by atoms with E-state index in [0.717, 1.165) is 0 Å². The third kappa shape index (κ3) is 4.62. The van der Waals surface area contributed by atoms with Gasteiger partial charge in [0.15, 0.2) is 11.5 Å². The summed E-state index contributed by atoms with van der Waals surface area (Å²) in [6, 6.07) is 9.74. The average Bonchev–Trinajstić information content (AvgIpc) is 2.55. The van der Waals surface area contributed by atoms with E-state index in [9.17, 15) is 23.4 Å². The first-order chi connectivity index (χ1) is 12.1. The number of anilines is 1. The molecule has 0 bridgehead atoms. The summed E-state index contributed by atoms with van der Waals surface area (Å²) in [4.78, 5) is 14.0. The molecular weight excluding hydrogens is 356 g/mol. The largest absolute Gasteiger partial charge is 0.504 e. The lowest BCUT2D eigenvalue weighted by Gasteiger charge is -2.25. The smallest absolute Gasteiger partial charge is 0.251 e. The van der Waals surface area contributed by atoms with Crippen LogP contribution in [0.15, 0.2) is 53.4 Å². The Labute approximate surface area is 152 Å². The van der Waals surface area contributed by atoms with Gasteiger partial charge in [-0.3, -0.25) is 4.79 Å². The Bertz CT molecular complexity index is 935. The molecule has 0 aromatic heterocycles. The van der Waals surface area contributed by atoms with E-state index in [1.165, 1.54) is 53.5 Å². The summed E-state index contributed by atoms with van der Waals surface area (Å²) in [5.74, 6) is -0.845. The van der Waals surface area contributed by atoms with Crippen LogP contribution in [0.1, 0.15) is 19.4 Å². The lowest BCUT2D eigenvalue weighted by molar-refractivity contribution is -0.114. The van der Waals surface area contributed by atoms with Gasteiger partial charge >= 0.3 is 0 Å². The number of nitrogens with zero attached hydrogens (tertiary/aromatic N) is 1. The van der Waals surface area contributed by atoms with Crippen molar-refractivity contribution in [3.63, 3.8) is 0 Å². The predicted octanol–water partition coefficient (Wildman–Crippen LogP) is 2.20. The summed E-state index contributed by atoms with van der Waals surface area (Å²) < 4.78 is 22.7. The van der Waals surface area contributed by atoms with Crippen LogP contribution in [-0.4, -0.2) is 30.6 Å². The van der Waals surface area contributed by atoms with E-state index in [1.54, 1.807) is 6.07 Å². The van der Waals surface area contributed by atoms with Crippen LogP contribution in [-0.2, 0) is 14.8 Å². The molecule has 26 heavy (non-hydrogen) atoms. The predicted molar refractivity (Wildman–Crippen MR) is 99.2 cm³/mol. The molecule has 138 valence electrons. The molecule has 0 radical (unpaired) electrons. The second kappa shape index (κ2) is 7.59. The van der Waals surface area contributed by atoms with Crippen molar-refractivity contribution >= 4 is 27.7 Å². The topological polar surface area (TPSA) is 121 Å². The Balaban J connectivity index is 2.27. The molecule has 0 unspecified atom stereocenters. The Kier molecular flexibility index (Phi) is 5.69. The van der Waals surface area contributed by atoms with Crippen LogP contribution in [0.2, 0.25) is 0 Å². The molecular formula is C18H20N2O5S. The number of sulfonamides is 1. The fraction of sp³-hybridized carbons (Fsp3) is 0.167. The first kappa shape index (κ1) is 19.5. The molecule has 0 fully saturated rings. The number of hydrogen-bond donors (Lipinski definition) is 3. The van der Waals surface area contributed by atoms with Gasteiger partial charge in [-0.05, 0) is 61.9 Å². The second-order valence-corrected chi connectivity index (χ2v) is 7.48. The average molecular weight is 376 g/mol. The van der Waals surface area contributed by atoms with Crippen LogP contribution < -0.4 is 10.0 Å². The number of amides is 1. The number of phenols is 2. The number of carbonyl (C=O) groups excluding carboxylic acids is 1. The van der Waals surface area contributed by atoms with Gasteiger partial charge in [0.05, 0.1) is 4.90 Å². The minimum atomic E-state index is -3.80. The van der Waals surface area contributed by atoms with Crippen molar-refractivity contribution in [1.29, 1.82) is 0 Å². The number of nitrogens with two attached hydrogens (primary N) is 1. The normalized spacial score (nSPS) is 11.8. The van der Waals surface area contributed by atoms with E-state index in [1.807, 2.05) is 13.8 Å². The van der Waals surface area contributed by atoms with Gasteiger partial charge in [-0.25, -0.2) is 13.6 Å². The van der Waals surface area contributed by atoms with Crippen molar-refractivity contribution < 1.29 is 23.4 Å². The number of primary sulfonamides is 1. The molecule has 0 saturated carbocycles. The molecule has 4 N–H and O–H groups in total. The van der Waals surface area contributed by atoms with Gasteiger partial charge in [-0.15, -0.1) is 0 Å². The minimum absolute atomic E-state index is 0.0347. The number of carbonyl (C=O) groups is 1. The highest BCUT2D eigenvalue weighted by molar-refractivity contribution is 7.89. The molecule has 1 amide bonds. The monoisotopic (exact) mass is 376 g/mol. The first-order valence-corrected chi connectivity index (χ1v) is 9.30. The molecule has 7 nitrogen and oxygen atoms in total. The summed E-state index contributed by atoms with van der Waals surface area (Å²) in [6.07, 6.45) is 2.84. The Morgan fingerprint density at radius 2 is 1.69 bits per heavy atom. The zero-order valence-corrected chi connectivity index (χ0v) is 15.1. The van der Waals surface area contributed by atoms with Gasteiger partial charge in [0.2, 0.25) is 10.0 Å². The summed E-state index contributed by atoms with van der Waals surface area (Å²) in [5, 5.41) is 23.9. The third-order valence-corrected chi connectivity index (χ3v) is 4.54. The fourth-order valence-corrected chi connectivity index (χ4v) is 2.88. The van der Waals surface area contributed by atoms with Crippen LogP contribution in [0.25, 0.3) is 6.08 Å². The number of benzene rings is 2. The summed E-state index contributed by atoms with van der Waals surface area (Å²) in [5.41, 5.74) is 1.07. The van der Waals surface area contributed by atoms with E-state index in [0.29, 0.717) is 11.3 Å². The summed E-state index contributed by atoms with van der Waals surface area (Å²) in [6.45, 7) is 3.65. The van der Waals surface area contributed by atoms with E-state index >= 15 is 0 Å². The number of hydrogen-bond acceptors (Lipinski definition) is 5. The molecule has 0 heterocycles. The van der Waals surface area contributed by atoms with Crippen LogP contribution in [0.4, 0.5) is 5.69 Å². The molecule has 0 aliphatic heterocycles. The molecule has 2 aromatic carbocycles. The van der Waals surface area contributed by atoms with Crippen molar-refractivity contribution in [2.45, 2.75) is 24.8 Å². The zero-order chi connectivity index (χ0) is 19.5. The maximum atomic E-state index is 12.6. The van der Waals surface area contributed by atoms with Gasteiger partial charge in [-0.2, -0.15) is 0 Å². The fourth-order valence-electron chi connectivity index (χ4n) is 2.37.